The fourth-order valence-electron chi connectivity index (χ4n) is 5.28. The number of para-hydroxylation sites is 1. The summed E-state index contributed by atoms with van der Waals surface area (Å²) in [5.41, 5.74) is -1.22. The van der Waals surface area contributed by atoms with E-state index in [1.165, 1.54) is 24.5 Å². The molecule has 14 heteroatoms. The Kier molecular flexibility index (Phi) is 7.89. The van der Waals surface area contributed by atoms with E-state index in [9.17, 15) is 27.9 Å². The third-order valence-electron chi connectivity index (χ3n) is 7.56. The number of urea groups is 1. The van der Waals surface area contributed by atoms with Crippen molar-refractivity contribution in [3.8, 4) is 16.5 Å². The van der Waals surface area contributed by atoms with Gasteiger partial charge in [-0.25, -0.2) is 23.0 Å². The number of oxazole rings is 1. The number of carbonyl (C=O) groups excluding carboxylic acids is 2. The molecule has 3 aromatic rings. The van der Waals surface area contributed by atoms with Crippen LogP contribution >= 0.6 is 11.3 Å². The number of hydrogen-bond acceptors (Lipinski definition) is 10. The van der Waals surface area contributed by atoms with Crippen molar-refractivity contribution in [3.05, 3.63) is 47.9 Å². The topological polar surface area (TPSA) is 157 Å². The number of carboxylic acid groups (broad SMARTS) is 1. The molecule has 0 unspecified atom stereocenters. The quantitative estimate of drug-likeness (QED) is 0.354. The van der Waals surface area contributed by atoms with Gasteiger partial charge in [0, 0.05) is 18.4 Å². The summed E-state index contributed by atoms with van der Waals surface area (Å²) >= 11 is 1.01. The Balaban J connectivity index is 1.67. The largest absolute Gasteiger partial charge is 0.496 e. The zero-order valence-electron chi connectivity index (χ0n) is 23.5. The van der Waals surface area contributed by atoms with Crippen molar-refractivity contribution in [3.63, 3.8) is 0 Å². The first-order valence-corrected chi connectivity index (χ1v) is 15.6. The number of amides is 2. The molecule has 224 valence electrons. The molecule has 1 atom stereocenters. The molecule has 1 aliphatic carbocycles. The van der Waals surface area contributed by atoms with E-state index in [-0.39, 0.29) is 39.8 Å². The van der Waals surface area contributed by atoms with Crippen LogP contribution in [0.2, 0.25) is 0 Å². The van der Waals surface area contributed by atoms with Crippen molar-refractivity contribution >= 4 is 44.1 Å². The fraction of sp³-hybridized carbons (Fsp3) is 0.429. The van der Waals surface area contributed by atoms with Crippen LogP contribution in [-0.2, 0) is 24.3 Å². The number of ether oxygens (including phenoxy) is 2. The minimum absolute atomic E-state index is 0.102. The first kappa shape index (κ1) is 29.7. The number of carboxylic acids is 1. The van der Waals surface area contributed by atoms with E-state index in [0.29, 0.717) is 46.2 Å². The van der Waals surface area contributed by atoms with Gasteiger partial charge in [0.1, 0.15) is 33.8 Å². The molecule has 2 amide bonds. The molecule has 3 heterocycles. The number of Topliss-reactive ketones (excluding diaryl/α,β-unsaturated/α-hetero) is 1. The molecular formula is C28H31N3O9S2. The fourth-order valence-corrected chi connectivity index (χ4v) is 8.91. The van der Waals surface area contributed by atoms with Crippen LogP contribution in [0.1, 0.15) is 56.8 Å². The number of ketones is 1. The van der Waals surface area contributed by atoms with Crippen LogP contribution in [0.3, 0.4) is 0 Å². The van der Waals surface area contributed by atoms with Gasteiger partial charge in [-0.2, -0.15) is 4.31 Å². The van der Waals surface area contributed by atoms with Crippen LogP contribution in [0.4, 0.5) is 9.80 Å². The number of carbonyl (C=O) groups is 3. The van der Waals surface area contributed by atoms with Crippen LogP contribution < -0.4 is 9.64 Å². The minimum atomic E-state index is -4.62. The third kappa shape index (κ3) is 5.07. The highest BCUT2D eigenvalue weighted by molar-refractivity contribution is 7.90. The second-order valence-electron chi connectivity index (χ2n) is 10.7. The second kappa shape index (κ2) is 11.2. The lowest BCUT2D eigenvalue weighted by molar-refractivity contribution is -0.145. The number of benzene rings is 1. The lowest BCUT2D eigenvalue weighted by Gasteiger charge is -2.42. The summed E-state index contributed by atoms with van der Waals surface area (Å²) in [6, 6.07) is 6.10. The minimum Gasteiger partial charge on any atom is -0.496 e. The van der Waals surface area contributed by atoms with E-state index in [4.69, 9.17) is 13.9 Å². The van der Waals surface area contributed by atoms with Crippen molar-refractivity contribution in [1.29, 1.82) is 0 Å². The van der Waals surface area contributed by atoms with E-state index in [1.54, 1.807) is 31.2 Å². The van der Waals surface area contributed by atoms with Crippen LogP contribution in [0.15, 0.2) is 46.0 Å². The first-order valence-electron chi connectivity index (χ1n) is 13.3. The van der Waals surface area contributed by atoms with E-state index < -0.39 is 33.7 Å². The molecule has 1 aromatic carbocycles. The number of hydrogen-bond donors (Lipinski definition) is 1. The van der Waals surface area contributed by atoms with Crippen molar-refractivity contribution < 1.29 is 41.8 Å². The van der Waals surface area contributed by atoms with Gasteiger partial charge in [-0.05, 0) is 45.2 Å². The van der Waals surface area contributed by atoms with Crippen molar-refractivity contribution in [2.45, 2.75) is 69.1 Å². The summed E-state index contributed by atoms with van der Waals surface area (Å²) < 4.78 is 46.0. The second-order valence-corrected chi connectivity index (χ2v) is 13.4. The van der Waals surface area contributed by atoms with Crippen LogP contribution in [0.5, 0.6) is 5.75 Å². The molecule has 1 fully saturated rings. The average Bonchev–Trinajstić information content (AvgIpc) is 3.59. The molecule has 12 nitrogen and oxygen atoms in total. The molecule has 1 N–H and O–H groups in total. The lowest BCUT2D eigenvalue weighted by atomic mass is 9.96. The lowest BCUT2D eigenvalue weighted by Crippen LogP contribution is -2.62. The number of nitrogens with zero attached hydrogens (tertiary/aromatic N) is 3. The maximum absolute atomic E-state index is 14.2. The van der Waals surface area contributed by atoms with E-state index in [2.05, 4.69) is 4.98 Å². The van der Waals surface area contributed by atoms with Gasteiger partial charge in [0.05, 0.1) is 30.8 Å². The van der Waals surface area contributed by atoms with E-state index in [0.717, 1.165) is 25.2 Å². The molecule has 0 spiro atoms. The summed E-state index contributed by atoms with van der Waals surface area (Å²) in [6.07, 6.45) is 3.43. The predicted molar refractivity (Wildman–Crippen MR) is 152 cm³/mol. The maximum Gasteiger partial charge on any atom is 0.340 e. The van der Waals surface area contributed by atoms with Gasteiger partial charge in [0.15, 0.2) is 5.54 Å². The Morgan fingerprint density at radius 1 is 1.24 bits per heavy atom. The zero-order chi connectivity index (χ0) is 30.4. The number of anilines is 1. The zero-order valence-corrected chi connectivity index (χ0v) is 25.2. The molecule has 0 saturated heterocycles. The van der Waals surface area contributed by atoms with E-state index >= 15 is 0 Å². The molecule has 2 aliphatic rings. The summed E-state index contributed by atoms with van der Waals surface area (Å²) in [6.45, 7) is 3.73. The molecule has 0 radical (unpaired) electrons. The predicted octanol–water partition coefficient (Wildman–Crippen LogP) is 4.78. The standard InChI is InChI=1S/C28H31N3O9S2/c1-16-22(24-29-13-14-39-24)41-25-23(16)42(36,37)31(28(2,3)26(33)34)27(35)30(25)15-21(19-7-5-6-8-20(19)38-4)40-18-11-9-17(32)10-12-18/h5-8,13-14,18,21H,9-12,15H2,1-4H3,(H,33,34)/t21-/m0/s1. The van der Waals surface area contributed by atoms with Crippen molar-refractivity contribution in [2.24, 2.45) is 0 Å². The number of aromatic nitrogens is 1. The van der Waals surface area contributed by atoms with Gasteiger partial charge in [-0.15, -0.1) is 11.3 Å². The van der Waals surface area contributed by atoms with E-state index in [1.807, 2.05) is 0 Å². The SMILES string of the molecule is COc1ccccc1[C@H](CN1C(=O)N(C(C)(C)C(=O)O)S(=O)(=O)c2c1sc(-c1ncco1)c2C)OC1CCC(=O)CC1. The smallest absolute Gasteiger partial charge is 0.340 e. The highest BCUT2D eigenvalue weighted by atomic mass is 32.2. The van der Waals surface area contributed by atoms with Gasteiger partial charge >= 0.3 is 12.0 Å². The number of aliphatic carboxylic acids is 1. The Morgan fingerprint density at radius 2 is 1.93 bits per heavy atom. The van der Waals surface area contributed by atoms with Crippen molar-refractivity contribution in [2.75, 3.05) is 18.6 Å². The summed E-state index contributed by atoms with van der Waals surface area (Å²) in [7, 11) is -3.11. The number of methoxy groups -OCH3 is 1. The van der Waals surface area contributed by atoms with Gasteiger partial charge in [-0.1, -0.05) is 18.2 Å². The Hall–Kier alpha value is -3.75. The van der Waals surface area contributed by atoms with Crippen LogP contribution in [0, 0.1) is 6.92 Å². The molecule has 1 saturated carbocycles. The molecule has 0 bridgehead atoms. The van der Waals surface area contributed by atoms with Gasteiger partial charge in [0.25, 0.3) is 10.0 Å². The Morgan fingerprint density at radius 3 is 2.55 bits per heavy atom. The average molecular weight is 618 g/mol. The number of thiophene rings is 1. The Labute approximate surface area is 246 Å². The number of rotatable bonds is 9. The number of sulfonamides is 1. The van der Waals surface area contributed by atoms with Gasteiger partial charge in [-0.3, -0.25) is 9.69 Å². The Bertz CT molecular complexity index is 1620. The van der Waals surface area contributed by atoms with Crippen LogP contribution in [-0.4, -0.2) is 65.9 Å². The molecule has 2 aromatic heterocycles. The highest BCUT2D eigenvalue weighted by Gasteiger charge is 2.54. The normalized spacial score (nSPS) is 18.2. The van der Waals surface area contributed by atoms with Crippen molar-refractivity contribution in [1.82, 2.24) is 9.29 Å². The highest BCUT2D eigenvalue weighted by Crippen LogP contribution is 2.50. The van der Waals surface area contributed by atoms with Crippen LogP contribution in [0.25, 0.3) is 10.8 Å². The molecule has 42 heavy (non-hydrogen) atoms. The maximum atomic E-state index is 14.2. The van der Waals surface area contributed by atoms with Gasteiger partial charge < -0.3 is 19.0 Å². The molecule has 1 aliphatic heterocycles. The first-order chi connectivity index (χ1) is 19.9. The summed E-state index contributed by atoms with van der Waals surface area (Å²) in [4.78, 5) is 44.0. The third-order valence-corrected chi connectivity index (χ3v) is 11.1. The number of fused-ring (bicyclic) bond motifs is 1. The molecular weight excluding hydrogens is 586 g/mol. The van der Waals surface area contributed by atoms with Gasteiger partial charge in [0.2, 0.25) is 5.89 Å². The summed E-state index contributed by atoms with van der Waals surface area (Å²) in [5, 5.41) is 10.1. The molecule has 5 rings (SSSR count). The summed E-state index contributed by atoms with van der Waals surface area (Å²) in [5.74, 6) is -0.669. The monoisotopic (exact) mass is 617 g/mol.